The van der Waals surface area contributed by atoms with Gasteiger partial charge < -0.3 is 25.1 Å². The van der Waals surface area contributed by atoms with Crippen molar-refractivity contribution in [3.8, 4) is 11.5 Å². The number of thiophene rings is 1. The number of carbonyl (C=O) groups is 2. The first-order valence-corrected chi connectivity index (χ1v) is 11.6. The summed E-state index contributed by atoms with van der Waals surface area (Å²) in [7, 11) is 0. The van der Waals surface area contributed by atoms with Crippen LogP contribution in [-0.4, -0.2) is 29.6 Å². The van der Waals surface area contributed by atoms with Gasteiger partial charge in [-0.25, -0.2) is 0 Å². The average molecular weight is 462 g/mol. The van der Waals surface area contributed by atoms with Crippen molar-refractivity contribution in [1.82, 2.24) is 15.6 Å². The molecule has 2 aromatic heterocycles. The highest BCUT2D eigenvalue weighted by Gasteiger charge is 2.25. The van der Waals surface area contributed by atoms with Crippen LogP contribution in [0.2, 0.25) is 0 Å². The summed E-state index contributed by atoms with van der Waals surface area (Å²) in [6.45, 7) is 2.10. The quantitative estimate of drug-likeness (QED) is 0.385. The molecule has 0 saturated heterocycles. The molecule has 0 bridgehead atoms. The minimum atomic E-state index is -0.740. The normalized spacial score (nSPS) is 14.1. The minimum absolute atomic E-state index is 0.195. The molecule has 2 aromatic carbocycles. The van der Waals surface area contributed by atoms with Crippen LogP contribution < -0.4 is 20.1 Å². The number of rotatable bonds is 7. The standard InChI is InChI=1S/C25H23N3O4S/c1-15(16-8-9-21-22(12-16)32-14-31-21)27-24(29)20(28-25(30)23-7-4-10-33-23)11-17-13-26-19-6-3-2-5-18(17)19/h2-10,12-13,15,20,26H,11,14H2,1H3,(H,27,29)(H,28,30). The fraction of sp³-hybridized carbons (Fsp3) is 0.200. The number of aromatic amines is 1. The number of aromatic nitrogens is 1. The zero-order valence-electron chi connectivity index (χ0n) is 18.0. The second kappa shape index (κ2) is 8.99. The van der Waals surface area contributed by atoms with E-state index in [1.165, 1.54) is 11.3 Å². The van der Waals surface area contributed by atoms with Gasteiger partial charge in [0.2, 0.25) is 12.7 Å². The number of nitrogens with one attached hydrogen (secondary N) is 3. The van der Waals surface area contributed by atoms with Gasteiger partial charge in [0.05, 0.1) is 10.9 Å². The van der Waals surface area contributed by atoms with Crippen molar-refractivity contribution in [2.75, 3.05) is 6.79 Å². The van der Waals surface area contributed by atoms with Gasteiger partial charge in [-0.2, -0.15) is 0 Å². The topological polar surface area (TPSA) is 92.5 Å². The third kappa shape index (κ3) is 4.42. The SMILES string of the molecule is CC(NC(=O)C(Cc1c[nH]c2ccccc12)NC(=O)c1cccs1)c1ccc2c(c1)OCO2. The Morgan fingerprint density at radius 2 is 1.91 bits per heavy atom. The number of carbonyl (C=O) groups excluding carboxylic acids is 2. The summed E-state index contributed by atoms with van der Waals surface area (Å²) < 4.78 is 10.8. The molecule has 2 amide bonds. The Hall–Kier alpha value is -3.78. The molecule has 1 aliphatic rings. The van der Waals surface area contributed by atoms with Crippen molar-refractivity contribution in [2.24, 2.45) is 0 Å². The largest absolute Gasteiger partial charge is 0.454 e. The van der Waals surface area contributed by atoms with Gasteiger partial charge in [-0.1, -0.05) is 30.3 Å². The fourth-order valence-electron chi connectivity index (χ4n) is 3.95. The van der Waals surface area contributed by atoms with Crippen LogP contribution in [0.4, 0.5) is 0 Å². The molecule has 33 heavy (non-hydrogen) atoms. The molecule has 168 valence electrons. The second-order valence-corrected chi connectivity index (χ2v) is 8.86. The lowest BCUT2D eigenvalue weighted by atomic mass is 10.0. The Labute approximate surface area is 194 Å². The second-order valence-electron chi connectivity index (χ2n) is 7.91. The predicted molar refractivity (Wildman–Crippen MR) is 127 cm³/mol. The molecule has 0 radical (unpaired) electrons. The minimum Gasteiger partial charge on any atom is -0.454 e. The van der Waals surface area contributed by atoms with E-state index >= 15 is 0 Å². The molecule has 7 nitrogen and oxygen atoms in total. The summed E-state index contributed by atoms with van der Waals surface area (Å²) >= 11 is 1.34. The number of H-pyrrole nitrogens is 1. The Kier molecular flexibility index (Phi) is 5.75. The summed E-state index contributed by atoms with van der Waals surface area (Å²) in [5, 5.41) is 8.83. The first-order valence-electron chi connectivity index (χ1n) is 10.7. The van der Waals surface area contributed by atoms with Gasteiger partial charge in [0.25, 0.3) is 5.91 Å². The van der Waals surface area contributed by atoms with Gasteiger partial charge >= 0.3 is 0 Å². The van der Waals surface area contributed by atoms with Crippen LogP contribution in [0.25, 0.3) is 10.9 Å². The molecule has 5 rings (SSSR count). The maximum atomic E-state index is 13.3. The third-order valence-electron chi connectivity index (χ3n) is 5.72. The number of fused-ring (bicyclic) bond motifs is 2. The van der Waals surface area contributed by atoms with Crippen LogP contribution in [0, 0.1) is 0 Å². The molecule has 0 aliphatic carbocycles. The van der Waals surface area contributed by atoms with Gasteiger partial charge in [-0.15, -0.1) is 11.3 Å². The monoisotopic (exact) mass is 461 g/mol. The van der Waals surface area contributed by atoms with Crippen LogP contribution in [0.5, 0.6) is 11.5 Å². The van der Waals surface area contributed by atoms with Crippen LogP contribution in [0.1, 0.15) is 33.8 Å². The van der Waals surface area contributed by atoms with E-state index in [2.05, 4.69) is 15.6 Å². The smallest absolute Gasteiger partial charge is 0.262 e. The Morgan fingerprint density at radius 1 is 1.06 bits per heavy atom. The van der Waals surface area contributed by atoms with E-state index in [-0.39, 0.29) is 24.6 Å². The molecule has 0 fully saturated rings. The molecule has 3 heterocycles. The molecule has 2 unspecified atom stereocenters. The first-order chi connectivity index (χ1) is 16.1. The van der Waals surface area contributed by atoms with Crippen molar-refractivity contribution in [3.63, 3.8) is 0 Å². The summed E-state index contributed by atoms with van der Waals surface area (Å²) in [4.78, 5) is 29.9. The van der Waals surface area contributed by atoms with E-state index < -0.39 is 6.04 Å². The lowest BCUT2D eigenvalue weighted by Crippen LogP contribution is -2.48. The molecule has 2 atom stereocenters. The van der Waals surface area contributed by atoms with E-state index in [0.717, 1.165) is 22.0 Å². The van der Waals surface area contributed by atoms with E-state index in [4.69, 9.17) is 9.47 Å². The number of para-hydroxylation sites is 1. The molecule has 0 saturated carbocycles. The summed E-state index contributed by atoms with van der Waals surface area (Å²) in [5.41, 5.74) is 2.85. The van der Waals surface area contributed by atoms with Gasteiger partial charge in [0.15, 0.2) is 11.5 Å². The summed E-state index contributed by atoms with van der Waals surface area (Å²) in [6.07, 6.45) is 2.25. The van der Waals surface area contributed by atoms with Crippen molar-refractivity contribution in [1.29, 1.82) is 0 Å². The zero-order chi connectivity index (χ0) is 22.8. The van der Waals surface area contributed by atoms with Crippen LogP contribution in [-0.2, 0) is 11.2 Å². The third-order valence-corrected chi connectivity index (χ3v) is 6.59. The highest BCUT2D eigenvalue weighted by atomic mass is 32.1. The van der Waals surface area contributed by atoms with Gasteiger partial charge in [0, 0.05) is 23.5 Å². The lowest BCUT2D eigenvalue weighted by Gasteiger charge is -2.21. The van der Waals surface area contributed by atoms with Gasteiger partial charge in [-0.05, 0) is 47.7 Å². The number of hydrogen-bond acceptors (Lipinski definition) is 5. The van der Waals surface area contributed by atoms with Gasteiger partial charge in [-0.3, -0.25) is 9.59 Å². The van der Waals surface area contributed by atoms with Crippen LogP contribution in [0.15, 0.2) is 66.2 Å². The molecule has 8 heteroatoms. The number of ether oxygens (including phenoxy) is 2. The van der Waals surface area contributed by atoms with E-state index in [1.54, 1.807) is 6.07 Å². The lowest BCUT2D eigenvalue weighted by molar-refractivity contribution is -0.123. The van der Waals surface area contributed by atoms with Crippen molar-refractivity contribution < 1.29 is 19.1 Å². The molecule has 1 aliphatic heterocycles. The van der Waals surface area contributed by atoms with E-state index in [1.807, 2.05) is 67.0 Å². The molecule has 0 spiro atoms. The number of amides is 2. The van der Waals surface area contributed by atoms with Crippen molar-refractivity contribution in [2.45, 2.75) is 25.4 Å². The first kappa shape index (κ1) is 21.1. The van der Waals surface area contributed by atoms with Crippen molar-refractivity contribution >= 4 is 34.1 Å². The highest BCUT2D eigenvalue weighted by Crippen LogP contribution is 2.34. The Bertz CT molecular complexity index is 1300. The summed E-state index contributed by atoms with van der Waals surface area (Å²) in [5.74, 6) is 0.837. The van der Waals surface area contributed by atoms with Crippen LogP contribution in [0.3, 0.4) is 0 Å². The van der Waals surface area contributed by atoms with E-state index in [9.17, 15) is 9.59 Å². The van der Waals surface area contributed by atoms with Crippen molar-refractivity contribution in [3.05, 3.63) is 82.2 Å². The predicted octanol–water partition coefficient (Wildman–Crippen LogP) is 4.18. The maximum absolute atomic E-state index is 13.3. The molecular weight excluding hydrogens is 438 g/mol. The average Bonchev–Trinajstić information content (AvgIpc) is 3.59. The number of hydrogen-bond donors (Lipinski definition) is 3. The Morgan fingerprint density at radius 3 is 2.76 bits per heavy atom. The van der Waals surface area contributed by atoms with Gasteiger partial charge in [0.1, 0.15) is 6.04 Å². The molecule has 3 N–H and O–H groups in total. The van der Waals surface area contributed by atoms with Crippen LogP contribution >= 0.6 is 11.3 Å². The summed E-state index contributed by atoms with van der Waals surface area (Å²) in [6, 6.07) is 16.1. The van der Waals surface area contributed by atoms with E-state index in [0.29, 0.717) is 22.8 Å². The highest BCUT2D eigenvalue weighted by molar-refractivity contribution is 7.12. The Balaban J connectivity index is 1.36. The maximum Gasteiger partial charge on any atom is 0.262 e. The fourth-order valence-corrected chi connectivity index (χ4v) is 4.57. The molecule has 4 aromatic rings. The molecular formula is C25H23N3O4S. The zero-order valence-corrected chi connectivity index (χ0v) is 18.8. The number of benzene rings is 2.